The van der Waals surface area contributed by atoms with E-state index in [0.29, 0.717) is 11.3 Å². The molecular formula is C10H8O3. The summed E-state index contributed by atoms with van der Waals surface area (Å²) in [5.41, 5.74) is 0.689. The molecule has 0 unspecified atom stereocenters. The number of hydrogen-bond acceptors (Lipinski definition) is 3. The first-order valence-electron chi connectivity index (χ1n) is 3.94. The van der Waals surface area contributed by atoms with Crippen LogP contribution in [-0.2, 0) is 11.2 Å². The van der Waals surface area contributed by atoms with Gasteiger partial charge in [0.1, 0.15) is 23.4 Å². The largest absolute Gasteiger partial charge is 0.508 e. The molecular weight excluding hydrogens is 168 g/mol. The van der Waals surface area contributed by atoms with Crippen molar-refractivity contribution in [3.8, 4) is 5.75 Å². The van der Waals surface area contributed by atoms with Crippen LogP contribution in [0.3, 0.4) is 0 Å². The van der Waals surface area contributed by atoms with Crippen LogP contribution in [0.5, 0.6) is 5.75 Å². The summed E-state index contributed by atoms with van der Waals surface area (Å²) < 4.78 is 5.32. The molecule has 1 N–H and O–H groups in total. The van der Waals surface area contributed by atoms with E-state index in [1.165, 1.54) is 0 Å². The second-order valence-corrected chi connectivity index (χ2v) is 2.81. The van der Waals surface area contributed by atoms with Crippen molar-refractivity contribution in [1.82, 2.24) is 0 Å². The Kier molecular flexibility index (Phi) is 1.77. The number of furan rings is 1. The number of phenolic OH excluding ortho intramolecular Hbond substituents is 1. The highest BCUT2D eigenvalue weighted by Crippen LogP contribution is 2.23. The van der Waals surface area contributed by atoms with E-state index in [1.807, 2.05) is 0 Å². The molecule has 0 aliphatic rings. The van der Waals surface area contributed by atoms with Gasteiger partial charge in [0.2, 0.25) is 0 Å². The predicted molar refractivity (Wildman–Crippen MR) is 47.6 cm³/mol. The summed E-state index contributed by atoms with van der Waals surface area (Å²) in [4.78, 5) is 10.2. The van der Waals surface area contributed by atoms with Gasteiger partial charge in [-0.25, -0.2) is 0 Å². The molecule has 3 heteroatoms. The number of phenols is 1. The molecule has 0 saturated heterocycles. The maximum absolute atomic E-state index is 10.2. The summed E-state index contributed by atoms with van der Waals surface area (Å²) in [5.74, 6) is 0.821. The van der Waals surface area contributed by atoms with Crippen LogP contribution in [0.25, 0.3) is 11.0 Å². The molecule has 0 aliphatic carbocycles. The van der Waals surface area contributed by atoms with Crippen molar-refractivity contribution in [2.45, 2.75) is 6.42 Å². The van der Waals surface area contributed by atoms with Crippen molar-refractivity contribution in [2.24, 2.45) is 0 Å². The summed E-state index contributed by atoms with van der Waals surface area (Å²) >= 11 is 0. The minimum Gasteiger partial charge on any atom is -0.508 e. The number of fused-ring (bicyclic) bond motifs is 1. The molecule has 1 aromatic heterocycles. The third-order valence-electron chi connectivity index (χ3n) is 1.84. The van der Waals surface area contributed by atoms with Gasteiger partial charge in [-0.1, -0.05) is 0 Å². The minimum atomic E-state index is 0.200. The molecule has 0 amide bonds. The second kappa shape index (κ2) is 2.94. The predicted octanol–water partition coefficient (Wildman–Crippen LogP) is 1.88. The Morgan fingerprint density at radius 1 is 1.38 bits per heavy atom. The quantitative estimate of drug-likeness (QED) is 0.710. The monoisotopic (exact) mass is 176 g/mol. The summed E-state index contributed by atoms with van der Waals surface area (Å²) in [6, 6.07) is 6.59. The maximum atomic E-state index is 10.2. The normalized spacial score (nSPS) is 10.5. The summed E-state index contributed by atoms with van der Waals surface area (Å²) in [6.45, 7) is 0. The van der Waals surface area contributed by atoms with Crippen molar-refractivity contribution in [3.05, 3.63) is 30.0 Å². The fourth-order valence-corrected chi connectivity index (χ4v) is 1.27. The highest BCUT2D eigenvalue weighted by atomic mass is 16.3. The Labute approximate surface area is 74.6 Å². The van der Waals surface area contributed by atoms with Gasteiger partial charge in [0.25, 0.3) is 0 Å². The van der Waals surface area contributed by atoms with E-state index in [2.05, 4.69) is 0 Å². The Morgan fingerprint density at radius 2 is 2.23 bits per heavy atom. The highest BCUT2D eigenvalue weighted by Gasteiger charge is 2.03. The zero-order valence-electron chi connectivity index (χ0n) is 6.86. The first kappa shape index (κ1) is 7.86. The van der Waals surface area contributed by atoms with E-state index in [4.69, 9.17) is 9.52 Å². The molecule has 3 nitrogen and oxygen atoms in total. The first-order chi connectivity index (χ1) is 6.29. The maximum Gasteiger partial charge on any atom is 0.134 e. The molecule has 0 saturated carbocycles. The van der Waals surface area contributed by atoms with E-state index in [1.54, 1.807) is 24.3 Å². The number of carbonyl (C=O) groups is 1. The van der Waals surface area contributed by atoms with E-state index in [9.17, 15) is 4.79 Å². The third kappa shape index (κ3) is 1.40. The molecule has 13 heavy (non-hydrogen) atoms. The lowest BCUT2D eigenvalue weighted by atomic mass is 10.2. The van der Waals surface area contributed by atoms with Gasteiger partial charge in [0.15, 0.2) is 0 Å². The average molecular weight is 176 g/mol. The Bertz CT molecular complexity index is 442. The molecule has 0 spiro atoms. The van der Waals surface area contributed by atoms with Crippen LogP contribution in [0.2, 0.25) is 0 Å². The Balaban J connectivity index is 2.55. The zero-order valence-corrected chi connectivity index (χ0v) is 6.86. The van der Waals surface area contributed by atoms with Crippen molar-refractivity contribution in [1.29, 1.82) is 0 Å². The SMILES string of the molecule is O=CCc1cc2cc(O)ccc2o1. The van der Waals surface area contributed by atoms with Gasteiger partial charge in [-0.15, -0.1) is 0 Å². The third-order valence-corrected chi connectivity index (χ3v) is 1.84. The number of rotatable bonds is 2. The molecule has 0 atom stereocenters. The topological polar surface area (TPSA) is 50.4 Å². The molecule has 0 aliphatic heterocycles. The van der Waals surface area contributed by atoms with Crippen molar-refractivity contribution in [3.63, 3.8) is 0 Å². The molecule has 66 valence electrons. The van der Waals surface area contributed by atoms with E-state index in [-0.39, 0.29) is 12.2 Å². The smallest absolute Gasteiger partial charge is 0.134 e. The van der Waals surface area contributed by atoms with Crippen molar-refractivity contribution in [2.75, 3.05) is 0 Å². The van der Waals surface area contributed by atoms with Crippen LogP contribution in [0.4, 0.5) is 0 Å². The second-order valence-electron chi connectivity index (χ2n) is 2.81. The summed E-state index contributed by atoms with van der Waals surface area (Å²) in [5, 5.41) is 9.97. The van der Waals surface area contributed by atoms with Crippen LogP contribution in [0, 0.1) is 0 Å². The fourth-order valence-electron chi connectivity index (χ4n) is 1.27. The summed E-state index contributed by atoms with van der Waals surface area (Å²) in [7, 11) is 0. The minimum absolute atomic E-state index is 0.200. The standard InChI is InChI=1S/C10H8O3/c11-4-3-9-6-7-5-8(12)1-2-10(7)13-9/h1-2,4-6,12H,3H2. The molecule has 1 aromatic carbocycles. The van der Waals surface area contributed by atoms with E-state index in [0.717, 1.165) is 11.7 Å². The number of aldehydes is 1. The highest BCUT2D eigenvalue weighted by molar-refractivity contribution is 5.80. The van der Waals surface area contributed by atoms with Gasteiger partial charge in [-0.2, -0.15) is 0 Å². The Hall–Kier alpha value is -1.77. The van der Waals surface area contributed by atoms with Crippen LogP contribution < -0.4 is 0 Å². The average Bonchev–Trinajstić information content (AvgIpc) is 2.46. The zero-order chi connectivity index (χ0) is 9.26. The van der Waals surface area contributed by atoms with Crippen molar-refractivity contribution >= 4 is 17.3 Å². The van der Waals surface area contributed by atoms with Crippen molar-refractivity contribution < 1.29 is 14.3 Å². The first-order valence-corrected chi connectivity index (χ1v) is 3.94. The fraction of sp³-hybridized carbons (Fsp3) is 0.100. The molecule has 0 radical (unpaired) electrons. The lowest BCUT2D eigenvalue weighted by Crippen LogP contribution is -1.78. The van der Waals surface area contributed by atoms with Crippen LogP contribution in [0.15, 0.2) is 28.7 Å². The van der Waals surface area contributed by atoms with Crippen LogP contribution in [0.1, 0.15) is 5.76 Å². The van der Waals surface area contributed by atoms with Gasteiger partial charge < -0.3 is 14.3 Å². The van der Waals surface area contributed by atoms with Crippen LogP contribution in [-0.4, -0.2) is 11.4 Å². The molecule has 0 fully saturated rings. The molecule has 1 heterocycles. The summed E-state index contributed by atoms with van der Waals surface area (Å²) in [6.07, 6.45) is 1.06. The van der Waals surface area contributed by atoms with Gasteiger partial charge >= 0.3 is 0 Å². The number of hydrogen-bond donors (Lipinski definition) is 1. The Morgan fingerprint density at radius 3 is 3.00 bits per heavy atom. The number of carbonyl (C=O) groups excluding carboxylic acids is 1. The number of benzene rings is 1. The molecule has 2 rings (SSSR count). The lowest BCUT2D eigenvalue weighted by molar-refractivity contribution is -0.107. The number of aromatic hydroxyl groups is 1. The van der Waals surface area contributed by atoms with Gasteiger partial charge in [0, 0.05) is 5.39 Å². The lowest BCUT2D eigenvalue weighted by Gasteiger charge is -1.88. The van der Waals surface area contributed by atoms with E-state index >= 15 is 0 Å². The van der Waals surface area contributed by atoms with Gasteiger partial charge in [-0.3, -0.25) is 0 Å². The van der Waals surface area contributed by atoms with Crippen LogP contribution >= 0.6 is 0 Å². The van der Waals surface area contributed by atoms with Gasteiger partial charge in [0.05, 0.1) is 6.42 Å². The molecule has 0 bridgehead atoms. The van der Waals surface area contributed by atoms with Gasteiger partial charge in [-0.05, 0) is 24.3 Å². The molecule has 2 aromatic rings. The van der Waals surface area contributed by atoms with E-state index < -0.39 is 0 Å².